The number of nitrogens with zero attached hydrogens (tertiary/aromatic N) is 2. The largest absolute Gasteiger partial charge is 0.759 e. The Bertz CT molecular complexity index is 755. The summed E-state index contributed by atoms with van der Waals surface area (Å²) < 4.78 is 34.1. The fraction of sp³-hybridized carbons (Fsp3) is 1.00. The monoisotopic (exact) mass is 817 g/mol. The Morgan fingerprint density at radius 1 is 0.309 bits per heavy atom. The molecule has 0 rings (SSSR count). The molecule has 0 aliphatic carbocycles. The third kappa shape index (κ3) is 46.1. The zero-order valence-corrected chi connectivity index (χ0v) is 36.7. The van der Waals surface area contributed by atoms with Crippen LogP contribution in [0, 0.1) is 0 Å². The molecule has 0 atom stereocenters. The van der Waals surface area contributed by atoms with Gasteiger partial charge in [0.2, 0.25) is 0 Å². The highest BCUT2D eigenvalue weighted by Crippen LogP contribution is 2.16. The van der Waals surface area contributed by atoms with Gasteiger partial charge in [0.25, 0.3) is 0 Å². The van der Waals surface area contributed by atoms with Crippen molar-refractivity contribution < 1.29 is 57.1 Å². The average molecular weight is 817 g/mol. The molecule has 0 saturated heterocycles. The second kappa shape index (κ2) is 44.6. The third-order valence-corrected chi connectivity index (χ3v) is 10.8. The summed E-state index contributed by atoms with van der Waals surface area (Å²) in [5.74, 6) is 0. The standard InChI is InChI=1S/2C21H46NO3.H2O4S/c2*1-2-3-4-5-6-7-8-9-10-11-12-13-14-15-16-17-18-22(19-23,20-24)21-25;1-5(2,3)4/h2*23-25H,2-21H2,1H3;(H2,1,2,3,4)/q2*+1;/p-2. The summed E-state index contributed by atoms with van der Waals surface area (Å²) in [4.78, 5) is 0. The summed E-state index contributed by atoms with van der Waals surface area (Å²) in [7, 11) is -5.17. The summed E-state index contributed by atoms with van der Waals surface area (Å²) in [6.45, 7) is 4.72. The zero-order valence-electron chi connectivity index (χ0n) is 35.9. The van der Waals surface area contributed by atoms with Crippen molar-refractivity contribution in [2.45, 2.75) is 219 Å². The van der Waals surface area contributed by atoms with Crippen LogP contribution in [0.2, 0.25) is 0 Å². The Morgan fingerprint density at radius 2 is 0.436 bits per heavy atom. The Labute approximate surface area is 339 Å². The molecule has 0 aromatic carbocycles. The van der Waals surface area contributed by atoms with Crippen LogP contribution in [0.4, 0.5) is 0 Å². The molecule has 0 fully saturated rings. The Balaban J connectivity index is -0.000000874. The van der Waals surface area contributed by atoms with Gasteiger partial charge in [-0.3, -0.25) is 17.4 Å². The van der Waals surface area contributed by atoms with E-state index < -0.39 is 10.4 Å². The zero-order chi connectivity index (χ0) is 41.8. The van der Waals surface area contributed by atoms with Gasteiger partial charge in [0, 0.05) is 10.4 Å². The average Bonchev–Trinajstić information content (AvgIpc) is 3.17. The van der Waals surface area contributed by atoms with Crippen molar-refractivity contribution in [3.8, 4) is 0 Å². The van der Waals surface area contributed by atoms with Crippen LogP contribution in [0.1, 0.15) is 219 Å². The first-order chi connectivity index (χ1) is 26.5. The first-order valence-corrected chi connectivity index (χ1v) is 23.8. The maximum atomic E-state index is 9.25. The number of quaternary nitrogens is 2. The number of hydrogen-bond acceptors (Lipinski definition) is 10. The molecule has 6 N–H and O–H groups in total. The lowest BCUT2D eigenvalue weighted by Crippen LogP contribution is -2.50. The second-order valence-corrected chi connectivity index (χ2v) is 16.8. The van der Waals surface area contributed by atoms with Crippen molar-refractivity contribution in [1.29, 1.82) is 0 Å². The summed E-state index contributed by atoms with van der Waals surface area (Å²) in [6.07, 6.45) is 42.8. The van der Waals surface area contributed by atoms with Crippen LogP contribution in [0.5, 0.6) is 0 Å². The van der Waals surface area contributed by atoms with Crippen molar-refractivity contribution in [2.24, 2.45) is 0 Å². The van der Waals surface area contributed by atoms with Gasteiger partial charge in [-0.15, -0.1) is 0 Å². The van der Waals surface area contributed by atoms with E-state index in [1.807, 2.05) is 0 Å². The Kier molecular flexibility index (Phi) is 47.8. The van der Waals surface area contributed by atoms with Crippen molar-refractivity contribution in [3.63, 3.8) is 0 Å². The maximum Gasteiger partial charge on any atom is 0.183 e. The molecule has 12 nitrogen and oxygen atoms in total. The second-order valence-electron chi connectivity index (χ2n) is 16.0. The molecule has 0 radical (unpaired) electrons. The predicted molar refractivity (Wildman–Crippen MR) is 222 cm³/mol. The van der Waals surface area contributed by atoms with Crippen molar-refractivity contribution in [2.75, 3.05) is 53.5 Å². The highest BCUT2D eigenvalue weighted by atomic mass is 32.3. The van der Waals surface area contributed by atoms with Crippen LogP contribution in [-0.2, 0) is 10.4 Å². The van der Waals surface area contributed by atoms with Crippen LogP contribution in [-0.4, -0.2) is 111 Å². The molecule has 0 aliphatic rings. The topological polar surface area (TPSA) is 202 Å². The van der Waals surface area contributed by atoms with E-state index in [1.54, 1.807) is 0 Å². The summed E-state index contributed by atoms with van der Waals surface area (Å²) in [6, 6.07) is 0. The molecule has 0 aromatic heterocycles. The van der Waals surface area contributed by atoms with Gasteiger partial charge in [0.1, 0.15) is 0 Å². The molecule has 0 saturated carbocycles. The minimum Gasteiger partial charge on any atom is -0.759 e. The quantitative estimate of drug-likeness (QED) is 0.0115. The SMILES string of the molecule is CCCCCCCCCCCCCCCCCC[N+](CO)(CO)CO.CCCCCCCCCCCCCCCCCC[N+](CO)(CO)CO.O=S(=O)([O-])[O-]. The van der Waals surface area contributed by atoms with Gasteiger partial charge in [-0.05, 0) is 25.7 Å². The van der Waals surface area contributed by atoms with E-state index in [9.17, 15) is 30.6 Å². The normalized spacial score (nSPS) is 12.0. The Hall–Kier alpha value is -0.450. The molecular weight excluding hydrogens is 725 g/mol. The van der Waals surface area contributed by atoms with Crippen LogP contribution < -0.4 is 0 Å². The Morgan fingerprint density at radius 3 is 0.564 bits per heavy atom. The first kappa shape index (κ1) is 58.9. The first-order valence-electron chi connectivity index (χ1n) is 22.5. The van der Waals surface area contributed by atoms with Crippen molar-refractivity contribution in [1.82, 2.24) is 0 Å². The molecule has 0 amide bonds. The summed E-state index contributed by atoms with van der Waals surface area (Å²) >= 11 is 0. The lowest BCUT2D eigenvalue weighted by Gasteiger charge is -2.31. The molecule has 13 heteroatoms. The number of aliphatic hydroxyl groups excluding tert-OH is 6. The molecule has 0 aromatic rings. The molecule has 336 valence electrons. The van der Waals surface area contributed by atoms with E-state index >= 15 is 0 Å². The highest BCUT2D eigenvalue weighted by molar-refractivity contribution is 7.79. The minimum atomic E-state index is -5.17. The number of unbranched alkanes of at least 4 members (excludes halogenated alkanes) is 30. The number of aliphatic hydroxyl groups is 6. The predicted octanol–water partition coefficient (Wildman–Crippen LogP) is 8.49. The molecule has 55 heavy (non-hydrogen) atoms. The lowest BCUT2D eigenvalue weighted by molar-refractivity contribution is -0.976. The third-order valence-electron chi connectivity index (χ3n) is 10.8. The van der Waals surface area contributed by atoms with E-state index in [2.05, 4.69) is 13.8 Å². The van der Waals surface area contributed by atoms with Crippen LogP contribution in [0.15, 0.2) is 0 Å². The van der Waals surface area contributed by atoms with Crippen LogP contribution in [0.3, 0.4) is 0 Å². The maximum absolute atomic E-state index is 9.25. The number of rotatable bonds is 40. The van der Waals surface area contributed by atoms with Gasteiger partial charge in [-0.1, -0.05) is 194 Å². The van der Waals surface area contributed by atoms with Gasteiger partial charge in [0.05, 0.1) is 13.1 Å². The van der Waals surface area contributed by atoms with Gasteiger partial charge < -0.3 is 39.7 Å². The minimum absolute atomic E-state index is 0.00139. The summed E-state index contributed by atoms with van der Waals surface area (Å²) in [5, 5.41) is 55.5. The van der Waals surface area contributed by atoms with E-state index in [1.165, 1.54) is 180 Å². The lowest BCUT2D eigenvalue weighted by atomic mass is 10.0. The summed E-state index contributed by atoms with van der Waals surface area (Å²) in [5.41, 5.74) is 0. The van der Waals surface area contributed by atoms with Crippen molar-refractivity contribution in [3.05, 3.63) is 0 Å². The van der Waals surface area contributed by atoms with Gasteiger partial charge >= 0.3 is 0 Å². The molecular formula is C42H92N2O10S. The van der Waals surface area contributed by atoms with Crippen LogP contribution in [0.25, 0.3) is 0 Å². The molecule has 0 aliphatic heterocycles. The van der Waals surface area contributed by atoms with E-state index in [4.69, 9.17) is 17.5 Å². The van der Waals surface area contributed by atoms with Gasteiger partial charge in [-0.25, -0.2) is 0 Å². The van der Waals surface area contributed by atoms with Gasteiger partial charge in [0.15, 0.2) is 40.4 Å². The van der Waals surface area contributed by atoms with Gasteiger partial charge in [-0.2, -0.15) is 0 Å². The highest BCUT2D eigenvalue weighted by Gasteiger charge is 2.24. The molecule has 0 heterocycles. The smallest absolute Gasteiger partial charge is 0.183 e. The fourth-order valence-electron chi connectivity index (χ4n) is 6.68. The van der Waals surface area contributed by atoms with Crippen molar-refractivity contribution >= 4 is 10.4 Å². The van der Waals surface area contributed by atoms with E-state index in [-0.39, 0.29) is 49.4 Å². The van der Waals surface area contributed by atoms with E-state index in [0.717, 1.165) is 25.7 Å². The fourth-order valence-corrected chi connectivity index (χ4v) is 6.68. The molecule has 0 unspecified atom stereocenters. The number of hydrogen-bond donors (Lipinski definition) is 6. The molecule has 0 bridgehead atoms. The van der Waals surface area contributed by atoms with Crippen LogP contribution >= 0.6 is 0 Å². The van der Waals surface area contributed by atoms with E-state index in [0.29, 0.717) is 13.1 Å². The molecule has 0 spiro atoms.